The molecule has 0 saturated heterocycles. The van der Waals surface area contributed by atoms with Crippen LogP contribution in [-0.2, 0) is 12.8 Å². The summed E-state index contributed by atoms with van der Waals surface area (Å²) in [6.45, 7) is 0. The highest BCUT2D eigenvalue weighted by molar-refractivity contribution is 7.74. The summed E-state index contributed by atoms with van der Waals surface area (Å²) < 4.78 is 0. The molecule has 0 N–H and O–H groups in total. The second-order valence-corrected chi connectivity index (χ2v) is 5.46. The molecule has 0 bridgehead atoms. The molecular weight excluding hydrogens is 247 g/mol. The molecule has 2 aromatic carbocycles. The van der Waals surface area contributed by atoms with E-state index in [1.807, 2.05) is 0 Å². The molecular formula is C15H16ClP. The zero-order chi connectivity index (χ0) is 11.9. The monoisotopic (exact) mass is 262 g/mol. The molecule has 0 heterocycles. The molecule has 88 valence electrons. The average Bonchev–Trinajstić information content (AvgIpc) is 2.41. The van der Waals surface area contributed by atoms with Crippen molar-refractivity contribution in [2.45, 2.75) is 19.3 Å². The van der Waals surface area contributed by atoms with E-state index in [0.29, 0.717) is 7.93 Å². The lowest BCUT2D eigenvalue weighted by atomic mass is 10.0. The number of aryl methyl sites for hydroxylation is 2. The van der Waals surface area contributed by atoms with Gasteiger partial charge in [0.1, 0.15) is 0 Å². The Hall–Kier alpha value is -0.840. The van der Waals surface area contributed by atoms with Gasteiger partial charge in [-0.1, -0.05) is 65.8 Å². The van der Waals surface area contributed by atoms with Gasteiger partial charge in [0.15, 0.2) is 0 Å². The summed E-state index contributed by atoms with van der Waals surface area (Å²) in [5.41, 5.74) is 2.82. The molecule has 0 spiro atoms. The minimum atomic E-state index is 0.378. The van der Waals surface area contributed by atoms with Gasteiger partial charge in [-0.05, 0) is 35.7 Å². The standard InChI is InChI=1S/C15H16ClP/c16-17-15-11-9-14(10-12-15)8-4-7-13-5-2-1-3-6-13/h1-3,5-6,9-12,17H,4,7-8H2. The van der Waals surface area contributed by atoms with Crippen LogP contribution in [0.2, 0.25) is 0 Å². The molecule has 17 heavy (non-hydrogen) atoms. The zero-order valence-electron chi connectivity index (χ0n) is 9.70. The Bertz CT molecular complexity index is 436. The van der Waals surface area contributed by atoms with Crippen molar-refractivity contribution < 1.29 is 0 Å². The molecule has 0 aliphatic heterocycles. The third kappa shape index (κ3) is 4.15. The normalized spacial score (nSPS) is 11.1. The Morgan fingerprint density at radius 1 is 0.765 bits per heavy atom. The molecule has 2 rings (SSSR count). The van der Waals surface area contributed by atoms with Gasteiger partial charge in [-0.2, -0.15) is 0 Å². The van der Waals surface area contributed by atoms with Crippen LogP contribution in [0.15, 0.2) is 54.6 Å². The van der Waals surface area contributed by atoms with Gasteiger partial charge in [0, 0.05) is 7.93 Å². The van der Waals surface area contributed by atoms with Crippen LogP contribution in [0.4, 0.5) is 0 Å². The maximum atomic E-state index is 5.79. The Labute approximate surface area is 110 Å². The molecule has 2 heteroatoms. The van der Waals surface area contributed by atoms with Crippen molar-refractivity contribution in [3.05, 3.63) is 65.7 Å². The molecule has 2 aromatic rings. The summed E-state index contributed by atoms with van der Waals surface area (Å²) in [6, 6.07) is 19.3. The second kappa shape index (κ2) is 6.79. The number of rotatable bonds is 5. The molecule has 0 aromatic heterocycles. The van der Waals surface area contributed by atoms with Gasteiger partial charge in [-0.25, -0.2) is 0 Å². The van der Waals surface area contributed by atoms with Gasteiger partial charge < -0.3 is 0 Å². The van der Waals surface area contributed by atoms with E-state index in [1.54, 1.807) is 0 Å². The van der Waals surface area contributed by atoms with Gasteiger partial charge in [0.25, 0.3) is 0 Å². The Morgan fingerprint density at radius 3 is 1.94 bits per heavy atom. The van der Waals surface area contributed by atoms with Crippen molar-refractivity contribution in [3.63, 3.8) is 0 Å². The Kier molecular flexibility index (Phi) is 5.04. The lowest BCUT2D eigenvalue weighted by Gasteiger charge is -2.03. The van der Waals surface area contributed by atoms with Crippen LogP contribution in [0.3, 0.4) is 0 Å². The lowest BCUT2D eigenvalue weighted by Crippen LogP contribution is -1.94. The first kappa shape index (κ1) is 12.6. The largest absolute Gasteiger partial charge is 0.0948 e. The number of hydrogen-bond donors (Lipinski definition) is 0. The fraction of sp³-hybridized carbons (Fsp3) is 0.200. The van der Waals surface area contributed by atoms with E-state index >= 15 is 0 Å². The first-order valence-corrected chi connectivity index (χ1v) is 7.89. The SMILES string of the molecule is ClPc1ccc(CCCc2ccccc2)cc1. The van der Waals surface area contributed by atoms with Crippen molar-refractivity contribution in [1.82, 2.24) is 0 Å². The number of hydrogen-bond acceptors (Lipinski definition) is 0. The fourth-order valence-electron chi connectivity index (χ4n) is 1.88. The van der Waals surface area contributed by atoms with Crippen molar-refractivity contribution in [1.29, 1.82) is 0 Å². The molecule has 0 amide bonds. The number of benzene rings is 2. The summed E-state index contributed by atoms with van der Waals surface area (Å²) in [5, 5.41) is 1.22. The molecule has 0 radical (unpaired) electrons. The highest BCUT2D eigenvalue weighted by Gasteiger charge is 1.96. The van der Waals surface area contributed by atoms with Crippen LogP contribution in [0.25, 0.3) is 0 Å². The van der Waals surface area contributed by atoms with E-state index in [0.717, 1.165) is 12.8 Å². The van der Waals surface area contributed by atoms with Gasteiger partial charge in [-0.15, -0.1) is 0 Å². The summed E-state index contributed by atoms with van der Waals surface area (Å²) >= 11 is 5.79. The minimum Gasteiger partial charge on any atom is -0.0948 e. The van der Waals surface area contributed by atoms with Crippen molar-refractivity contribution in [2.24, 2.45) is 0 Å². The first-order chi connectivity index (χ1) is 8.38. The molecule has 0 aliphatic carbocycles. The van der Waals surface area contributed by atoms with Crippen LogP contribution in [-0.4, -0.2) is 0 Å². The predicted octanol–water partition coefficient (Wildman–Crippen LogP) is 4.32. The average molecular weight is 263 g/mol. The highest BCUT2D eigenvalue weighted by atomic mass is 35.7. The van der Waals surface area contributed by atoms with Crippen LogP contribution in [0.5, 0.6) is 0 Å². The first-order valence-electron chi connectivity index (χ1n) is 5.88. The summed E-state index contributed by atoms with van der Waals surface area (Å²) in [5.74, 6) is 0. The Balaban J connectivity index is 1.82. The van der Waals surface area contributed by atoms with Gasteiger partial charge in [0.2, 0.25) is 0 Å². The third-order valence-corrected chi connectivity index (χ3v) is 4.04. The molecule has 0 saturated carbocycles. The molecule has 0 fully saturated rings. The molecule has 1 atom stereocenters. The minimum absolute atomic E-state index is 0.378. The maximum Gasteiger partial charge on any atom is 0.00659 e. The smallest absolute Gasteiger partial charge is 0.00659 e. The molecule has 0 nitrogen and oxygen atoms in total. The fourth-order valence-corrected chi connectivity index (χ4v) is 2.55. The summed E-state index contributed by atoms with van der Waals surface area (Å²) in [6.07, 6.45) is 3.49. The Morgan fingerprint density at radius 2 is 1.35 bits per heavy atom. The summed E-state index contributed by atoms with van der Waals surface area (Å²) in [4.78, 5) is 0. The van der Waals surface area contributed by atoms with E-state index in [4.69, 9.17) is 11.2 Å². The zero-order valence-corrected chi connectivity index (χ0v) is 11.5. The van der Waals surface area contributed by atoms with Crippen LogP contribution >= 0.6 is 19.2 Å². The summed E-state index contributed by atoms with van der Waals surface area (Å²) in [7, 11) is 0.378. The van der Waals surface area contributed by atoms with E-state index < -0.39 is 0 Å². The molecule has 0 aliphatic rings. The van der Waals surface area contributed by atoms with E-state index in [1.165, 1.54) is 22.9 Å². The van der Waals surface area contributed by atoms with Crippen LogP contribution < -0.4 is 5.30 Å². The predicted molar refractivity (Wildman–Crippen MR) is 78.7 cm³/mol. The van der Waals surface area contributed by atoms with Crippen LogP contribution in [0.1, 0.15) is 17.5 Å². The van der Waals surface area contributed by atoms with E-state index in [2.05, 4.69) is 54.6 Å². The van der Waals surface area contributed by atoms with E-state index in [-0.39, 0.29) is 0 Å². The lowest BCUT2D eigenvalue weighted by molar-refractivity contribution is 0.821. The van der Waals surface area contributed by atoms with Crippen molar-refractivity contribution >= 4 is 24.5 Å². The van der Waals surface area contributed by atoms with Gasteiger partial charge in [-0.3, -0.25) is 0 Å². The number of halogens is 1. The van der Waals surface area contributed by atoms with Crippen molar-refractivity contribution in [3.8, 4) is 0 Å². The topological polar surface area (TPSA) is 0 Å². The van der Waals surface area contributed by atoms with Gasteiger partial charge >= 0.3 is 0 Å². The van der Waals surface area contributed by atoms with Gasteiger partial charge in [0.05, 0.1) is 0 Å². The van der Waals surface area contributed by atoms with Crippen molar-refractivity contribution in [2.75, 3.05) is 0 Å². The van der Waals surface area contributed by atoms with Crippen LogP contribution in [0, 0.1) is 0 Å². The quantitative estimate of drug-likeness (QED) is 0.704. The third-order valence-electron chi connectivity index (χ3n) is 2.84. The second-order valence-electron chi connectivity index (χ2n) is 4.13. The maximum absolute atomic E-state index is 5.79. The highest BCUT2D eigenvalue weighted by Crippen LogP contribution is 2.16. The van der Waals surface area contributed by atoms with E-state index in [9.17, 15) is 0 Å². The molecule has 1 unspecified atom stereocenters.